The van der Waals surface area contributed by atoms with E-state index in [-0.39, 0.29) is 17.5 Å². The molecule has 0 aliphatic carbocycles. The lowest BCUT2D eigenvalue weighted by Crippen LogP contribution is -2.31. The van der Waals surface area contributed by atoms with Crippen LogP contribution in [-0.4, -0.2) is 53.5 Å². The lowest BCUT2D eigenvalue weighted by atomic mass is 10.1. The molecular formula is C19H24N6O2. The largest absolute Gasteiger partial charge is 0.376 e. The third-order valence-corrected chi connectivity index (χ3v) is 4.51. The molecule has 1 amide bonds. The zero-order chi connectivity index (χ0) is 19.2. The summed E-state index contributed by atoms with van der Waals surface area (Å²) in [5.41, 5.74) is 7.52. The predicted octanol–water partition coefficient (Wildman–Crippen LogP) is 1.01. The highest BCUT2D eigenvalue weighted by Gasteiger charge is 2.25. The number of H-pyrrole nitrogens is 1. The fourth-order valence-electron chi connectivity index (χ4n) is 3.08. The first-order valence-corrected chi connectivity index (χ1v) is 8.89. The van der Waals surface area contributed by atoms with E-state index in [0.717, 1.165) is 23.4 Å². The van der Waals surface area contributed by atoms with Crippen LogP contribution in [0.5, 0.6) is 0 Å². The first-order valence-electron chi connectivity index (χ1n) is 8.89. The van der Waals surface area contributed by atoms with Gasteiger partial charge in [-0.2, -0.15) is 0 Å². The highest BCUT2D eigenvalue weighted by atomic mass is 16.2. The zero-order valence-electron chi connectivity index (χ0n) is 15.2. The molecule has 1 aliphatic heterocycles. The smallest absolute Gasteiger partial charge is 0.271 e. The molecule has 27 heavy (non-hydrogen) atoms. The van der Waals surface area contributed by atoms with Crippen molar-refractivity contribution in [1.82, 2.24) is 14.9 Å². The maximum Gasteiger partial charge on any atom is 0.271 e. The molecule has 8 nitrogen and oxygen atoms in total. The van der Waals surface area contributed by atoms with Crippen LogP contribution in [0, 0.1) is 0 Å². The predicted molar refractivity (Wildman–Crippen MR) is 107 cm³/mol. The Hall–Kier alpha value is -3.13. The number of nitrogens with one attached hydrogen (secondary N) is 3. The minimum atomic E-state index is -0.186. The van der Waals surface area contributed by atoms with Crippen LogP contribution in [0.3, 0.4) is 0 Å². The molecule has 0 spiro atoms. The van der Waals surface area contributed by atoms with E-state index in [0.29, 0.717) is 25.3 Å². The summed E-state index contributed by atoms with van der Waals surface area (Å²) >= 11 is 0. The van der Waals surface area contributed by atoms with Gasteiger partial charge in [-0.1, -0.05) is 6.08 Å². The molecule has 0 aromatic carbocycles. The van der Waals surface area contributed by atoms with Gasteiger partial charge in [0.25, 0.3) is 5.56 Å². The monoisotopic (exact) mass is 368 g/mol. The van der Waals surface area contributed by atoms with Gasteiger partial charge in [0.15, 0.2) is 0 Å². The number of hydrogen-bond acceptors (Lipinski definition) is 6. The number of hydrogen-bond donors (Lipinski definition) is 4. The number of nitrogens with two attached hydrogens (primary N) is 1. The first-order chi connectivity index (χ1) is 13.1. The molecule has 3 heterocycles. The van der Waals surface area contributed by atoms with Crippen molar-refractivity contribution in [2.24, 2.45) is 5.73 Å². The Balaban J connectivity index is 1.73. The van der Waals surface area contributed by atoms with E-state index >= 15 is 0 Å². The highest BCUT2D eigenvalue weighted by molar-refractivity contribution is 5.87. The second kappa shape index (κ2) is 8.50. The topological polar surface area (TPSA) is 116 Å². The molecule has 1 saturated heterocycles. The minimum Gasteiger partial charge on any atom is -0.376 e. The van der Waals surface area contributed by atoms with E-state index < -0.39 is 0 Å². The van der Waals surface area contributed by atoms with E-state index in [1.807, 2.05) is 25.2 Å². The van der Waals surface area contributed by atoms with E-state index in [1.54, 1.807) is 23.4 Å². The summed E-state index contributed by atoms with van der Waals surface area (Å²) in [6.07, 6.45) is 7.33. The van der Waals surface area contributed by atoms with Crippen LogP contribution in [-0.2, 0) is 4.79 Å². The second-order valence-corrected chi connectivity index (χ2v) is 6.36. The number of likely N-dealkylation sites (tertiary alicyclic amines) is 1. The summed E-state index contributed by atoms with van der Waals surface area (Å²) in [5, 5.41) is 6.27. The zero-order valence-corrected chi connectivity index (χ0v) is 15.2. The average Bonchev–Trinajstić information content (AvgIpc) is 3.16. The van der Waals surface area contributed by atoms with Crippen LogP contribution in [0.15, 0.2) is 47.5 Å². The molecule has 1 fully saturated rings. The number of aromatic nitrogens is 2. The molecule has 1 aliphatic rings. The summed E-state index contributed by atoms with van der Waals surface area (Å²) in [7, 11) is 1.81. The number of anilines is 2. The molecule has 142 valence electrons. The number of carbonyl (C=O) groups is 1. The van der Waals surface area contributed by atoms with Gasteiger partial charge in [0.05, 0.1) is 0 Å². The Morgan fingerprint density at radius 2 is 2.30 bits per heavy atom. The summed E-state index contributed by atoms with van der Waals surface area (Å²) < 4.78 is 0. The maximum absolute atomic E-state index is 12.2. The molecule has 0 unspecified atom stereocenters. The average molecular weight is 368 g/mol. The SMILES string of the molecule is CNc1cc(-c2c[nH]c(=O)c(N[C@@H]3CCN(C(=O)C=CCN)C3)c2)ccn1. The van der Waals surface area contributed by atoms with Gasteiger partial charge in [-0.05, 0) is 30.2 Å². The molecule has 8 heteroatoms. The van der Waals surface area contributed by atoms with Crippen LogP contribution >= 0.6 is 0 Å². The number of aromatic amines is 1. The Labute approximate surface area is 157 Å². The molecule has 0 bridgehead atoms. The van der Waals surface area contributed by atoms with Crippen LogP contribution in [0.2, 0.25) is 0 Å². The van der Waals surface area contributed by atoms with Crippen molar-refractivity contribution in [3.63, 3.8) is 0 Å². The molecule has 0 radical (unpaired) electrons. The van der Waals surface area contributed by atoms with E-state index in [4.69, 9.17) is 5.73 Å². The molecule has 0 saturated carbocycles. The Bertz CT molecular complexity index is 892. The van der Waals surface area contributed by atoms with Crippen molar-refractivity contribution in [2.45, 2.75) is 12.5 Å². The Morgan fingerprint density at radius 1 is 1.44 bits per heavy atom. The highest BCUT2D eigenvalue weighted by Crippen LogP contribution is 2.22. The number of amides is 1. The lowest BCUT2D eigenvalue weighted by Gasteiger charge is -2.16. The Morgan fingerprint density at radius 3 is 3.07 bits per heavy atom. The van der Waals surface area contributed by atoms with E-state index in [9.17, 15) is 9.59 Å². The van der Waals surface area contributed by atoms with Crippen molar-refractivity contribution in [3.8, 4) is 11.1 Å². The van der Waals surface area contributed by atoms with Crippen molar-refractivity contribution < 1.29 is 4.79 Å². The van der Waals surface area contributed by atoms with Gasteiger partial charge in [0, 0.05) is 56.8 Å². The third kappa shape index (κ3) is 4.53. The van der Waals surface area contributed by atoms with Crippen molar-refractivity contribution in [3.05, 3.63) is 53.1 Å². The quantitative estimate of drug-likeness (QED) is 0.566. The van der Waals surface area contributed by atoms with Gasteiger partial charge in [0.2, 0.25) is 5.91 Å². The number of carbonyl (C=O) groups excluding carboxylic acids is 1. The van der Waals surface area contributed by atoms with Gasteiger partial charge in [-0.15, -0.1) is 0 Å². The maximum atomic E-state index is 12.2. The summed E-state index contributed by atoms with van der Waals surface area (Å²) in [5.74, 6) is 0.701. The molecular weight excluding hydrogens is 344 g/mol. The van der Waals surface area contributed by atoms with Crippen LogP contribution in [0.4, 0.5) is 11.5 Å². The van der Waals surface area contributed by atoms with Gasteiger partial charge in [-0.25, -0.2) is 4.98 Å². The molecule has 1 atom stereocenters. The summed E-state index contributed by atoms with van der Waals surface area (Å²) in [4.78, 5) is 33.0. The van der Waals surface area contributed by atoms with E-state index in [2.05, 4.69) is 20.6 Å². The van der Waals surface area contributed by atoms with Crippen molar-refractivity contribution in [2.75, 3.05) is 37.3 Å². The van der Waals surface area contributed by atoms with Crippen molar-refractivity contribution in [1.29, 1.82) is 0 Å². The van der Waals surface area contributed by atoms with Gasteiger partial charge in [0.1, 0.15) is 11.5 Å². The van der Waals surface area contributed by atoms with E-state index in [1.165, 1.54) is 6.08 Å². The number of nitrogens with zero attached hydrogens (tertiary/aromatic N) is 2. The summed E-state index contributed by atoms with van der Waals surface area (Å²) in [6.45, 7) is 1.54. The fraction of sp³-hybridized carbons (Fsp3) is 0.316. The van der Waals surface area contributed by atoms with Gasteiger partial charge >= 0.3 is 0 Å². The second-order valence-electron chi connectivity index (χ2n) is 6.36. The first kappa shape index (κ1) is 18.7. The third-order valence-electron chi connectivity index (χ3n) is 4.51. The van der Waals surface area contributed by atoms with Gasteiger partial charge in [-0.3, -0.25) is 9.59 Å². The van der Waals surface area contributed by atoms with Crippen LogP contribution < -0.4 is 21.9 Å². The molecule has 2 aromatic rings. The summed E-state index contributed by atoms with van der Waals surface area (Å²) in [6, 6.07) is 5.66. The Kier molecular flexibility index (Phi) is 5.87. The van der Waals surface area contributed by atoms with Crippen molar-refractivity contribution >= 4 is 17.4 Å². The normalized spacial score (nSPS) is 16.7. The molecule has 2 aromatic heterocycles. The lowest BCUT2D eigenvalue weighted by molar-refractivity contribution is -0.125. The van der Waals surface area contributed by atoms with Gasteiger partial charge < -0.3 is 26.3 Å². The minimum absolute atomic E-state index is 0.0295. The molecule has 3 rings (SSSR count). The van der Waals surface area contributed by atoms with Crippen LogP contribution in [0.1, 0.15) is 6.42 Å². The molecule has 5 N–H and O–H groups in total. The standard InChI is InChI=1S/C19H24N6O2/c1-21-17-10-13(4-7-22-17)14-9-16(19(27)23-11-14)24-15-5-8-25(12-15)18(26)3-2-6-20/h2-4,7,9-11,15,24H,5-6,8,12,20H2,1H3,(H,21,22)(H,23,27)/t15-/m1/s1. The van der Waals surface area contributed by atoms with Crippen LogP contribution in [0.25, 0.3) is 11.1 Å². The number of rotatable bonds is 6. The number of pyridine rings is 2. The fourth-order valence-corrected chi connectivity index (χ4v) is 3.08.